The van der Waals surface area contributed by atoms with Crippen LogP contribution in [0.4, 0.5) is 0 Å². The van der Waals surface area contributed by atoms with Gasteiger partial charge in [-0.2, -0.15) is 0 Å². The van der Waals surface area contributed by atoms with Crippen LogP contribution in [-0.2, 0) is 6.42 Å². The highest BCUT2D eigenvalue weighted by atomic mass is 16.5. The average molecular weight is 270 g/mol. The van der Waals surface area contributed by atoms with Crippen LogP contribution in [0.3, 0.4) is 0 Å². The van der Waals surface area contributed by atoms with Gasteiger partial charge in [-0.05, 0) is 43.0 Å². The predicted molar refractivity (Wildman–Crippen MR) is 82.6 cm³/mol. The zero-order chi connectivity index (χ0) is 14.4. The van der Waals surface area contributed by atoms with Crippen molar-refractivity contribution < 1.29 is 4.74 Å². The van der Waals surface area contributed by atoms with Crippen LogP contribution in [0.15, 0.2) is 48.5 Å². The summed E-state index contributed by atoms with van der Waals surface area (Å²) in [6.07, 6.45) is 1.94. The maximum Gasteiger partial charge on any atom is 0.118 e. The van der Waals surface area contributed by atoms with Crippen molar-refractivity contribution in [3.63, 3.8) is 0 Å². The molecule has 1 unspecified atom stereocenters. The van der Waals surface area contributed by atoms with Gasteiger partial charge in [0.25, 0.3) is 0 Å². The van der Waals surface area contributed by atoms with Crippen LogP contribution in [0.1, 0.15) is 29.2 Å². The molecular weight excluding hydrogens is 248 g/mol. The molecule has 0 aromatic heterocycles. The number of nitrogens with one attached hydrogen (secondary N) is 1. The van der Waals surface area contributed by atoms with Gasteiger partial charge >= 0.3 is 0 Å². The van der Waals surface area contributed by atoms with E-state index in [4.69, 9.17) is 10.6 Å². The fourth-order valence-corrected chi connectivity index (χ4v) is 2.25. The number of hydrogen-bond acceptors (Lipinski definition) is 3. The summed E-state index contributed by atoms with van der Waals surface area (Å²) in [5.74, 6) is 6.57. The third-order valence-corrected chi connectivity index (χ3v) is 3.56. The van der Waals surface area contributed by atoms with E-state index in [1.807, 2.05) is 12.1 Å². The molecular formula is C17H22N2O. The molecule has 0 aliphatic rings. The van der Waals surface area contributed by atoms with E-state index < -0.39 is 0 Å². The second-order valence-corrected chi connectivity index (χ2v) is 5.02. The van der Waals surface area contributed by atoms with Crippen LogP contribution in [0.5, 0.6) is 5.75 Å². The number of hydrazine groups is 1. The predicted octanol–water partition coefficient (Wildman–Crippen LogP) is 3.14. The molecule has 0 heterocycles. The molecule has 0 aliphatic heterocycles. The number of rotatable bonds is 6. The number of hydrogen-bond donors (Lipinski definition) is 2. The molecule has 0 spiro atoms. The minimum atomic E-state index is 0.178. The average Bonchev–Trinajstić information content (AvgIpc) is 2.50. The summed E-state index contributed by atoms with van der Waals surface area (Å²) in [7, 11) is 1.68. The molecule has 3 nitrogen and oxygen atoms in total. The number of ether oxygens (including phenoxy) is 1. The molecule has 0 bridgehead atoms. The van der Waals surface area contributed by atoms with Gasteiger partial charge in [0.05, 0.1) is 7.11 Å². The lowest BCUT2D eigenvalue weighted by molar-refractivity contribution is 0.414. The van der Waals surface area contributed by atoms with Crippen LogP contribution in [0.25, 0.3) is 0 Å². The Labute approximate surface area is 120 Å². The van der Waals surface area contributed by atoms with E-state index >= 15 is 0 Å². The Balaban J connectivity index is 1.97. The Kier molecular flexibility index (Phi) is 5.16. The van der Waals surface area contributed by atoms with E-state index in [2.05, 4.69) is 48.7 Å². The SMILES string of the molecule is COc1ccc(CCC(NN)c2ccc(C)cc2)cc1. The second kappa shape index (κ2) is 7.08. The minimum absolute atomic E-state index is 0.178. The van der Waals surface area contributed by atoms with Crippen LogP contribution in [0.2, 0.25) is 0 Å². The van der Waals surface area contributed by atoms with Crippen molar-refractivity contribution in [2.24, 2.45) is 5.84 Å². The summed E-state index contributed by atoms with van der Waals surface area (Å²) in [4.78, 5) is 0. The molecule has 1 atom stereocenters. The zero-order valence-corrected chi connectivity index (χ0v) is 12.1. The van der Waals surface area contributed by atoms with Crippen LogP contribution in [0, 0.1) is 6.92 Å². The molecule has 0 saturated heterocycles. The lowest BCUT2D eigenvalue weighted by atomic mass is 9.98. The Bertz CT molecular complexity index is 520. The fraction of sp³-hybridized carbons (Fsp3) is 0.294. The summed E-state index contributed by atoms with van der Waals surface area (Å²) in [6.45, 7) is 2.09. The lowest BCUT2D eigenvalue weighted by Crippen LogP contribution is -2.28. The van der Waals surface area contributed by atoms with Gasteiger partial charge in [0, 0.05) is 6.04 Å². The van der Waals surface area contributed by atoms with E-state index in [0.29, 0.717) is 0 Å². The van der Waals surface area contributed by atoms with Crippen molar-refractivity contribution in [2.45, 2.75) is 25.8 Å². The van der Waals surface area contributed by atoms with E-state index in [9.17, 15) is 0 Å². The van der Waals surface area contributed by atoms with E-state index in [1.54, 1.807) is 7.11 Å². The monoisotopic (exact) mass is 270 g/mol. The van der Waals surface area contributed by atoms with Crippen LogP contribution < -0.4 is 16.0 Å². The molecule has 2 aromatic carbocycles. The van der Waals surface area contributed by atoms with E-state index in [-0.39, 0.29) is 6.04 Å². The van der Waals surface area contributed by atoms with Crippen molar-refractivity contribution in [3.05, 3.63) is 65.2 Å². The van der Waals surface area contributed by atoms with Crippen molar-refractivity contribution in [1.82, 2.24) is 5.43 Å². The number of nitrogens with two attached hydrogens (primary N) is 1. The molecule has 0 aliphatic carbocycles. The maximum absolute atomic E-state index is 5.68. The van der Waals surface area contributed by atoms with Gasteiger partial charge in [-0.15, -0.1) is 0 Å². The van der Waals surface area contributed by atoms with Crippen molar-refractivity contribution >= 4 is 0 Å². The summed E-state index contributed by atoms with van der Waals surface area (Å²) in [5, 5.41) is 0. The second-order valence-electron chi connectivity index (χ2n) is 5.02. The highest BCUT2D eigenvalue weighted by molar-refractivity contribution is 5.28. The molecule has 106 valence electrons. The Morgan fingerprint density at radius 1 is 1.05 bits per heavy atom. The van der Waals surface area contributed by atoms with Crippen LogP contribution >= 0.6 is 0 Å². The molecule has 2 aromatic rings. The van der Waals surface area contributed by atoms with Crippen molar-refractivity contribution in [1.29, 1.82) is 0 Å². The molecule has 20 heavy (non-hydrogen) atoms. The zero-order valence-electron chi connectivity index (χ0n) is 12.1. The molecule has 0 amide bonds. The first-order chi connectivity index (χ1) is 9.72. The number of aryl methyl sites for hydroxylation is 2. The Morgan fingerprint density at radius 2 is 1.70 bits per heavy atom. The largest absolute Gasteiger partial charge is 0.497 e. The molecule has 0 saturated carbocycles. The highest BCUT2D eigenvalue weighted by Gasteiger charge is 2.09. The normalized spacial score (nSPS) is 12.2. The summed E-state index contributed by atoms with van der Waals surface area (Å²) in [6, 6.07) is 16.9. The quantitative estimate of drug-likeness (QED) is 0.626. The van der Waals surface area contributed by atoms with Gasteiger partial charge in [0.2, 0.25) is 0 Å². The Morgan fingerprint density at radius 3 is 2.25 bits per heavy atom. The van der Waals surface area contributed by atoms with Gasteiger partial charge in [-0.3, -0.25) is 11.3 Å². The third-order valence-electron chi connectivity index (χ3n) is 3.56. The first-order valence-corrected chi connectivity index (χ1v) is 6.88. The first kappa shape index (κ1) is 14.6. The molecule has 2 rings (SSSR count). The molecule has 3 N–H and O–H groups in total. The summed E-state index contributed by atoms with van der Waals surface area (Å²) >= 11 is 0. The van der Waals surface area contributed by atoms with Gasteiger partial charge in [-0.25, -0.2) is 0 Å². The summed E-state index contributed by atoms with van der Waals surface area (Å²) in [5.41, 5.74) is 6.69. The van der Waals surface area contributed by atoms with Crippen molar-refractivity contribution in [2.75, 3.05) is 7.11 Å². The highest BCUT2D eigenvalue weighted by Crippen LogP contribution is 2.20. The third kappa shape index (κ3) is 3.83. The minimum Gasteiger partial charge on any atom is -0.497 e. The van der Waals surface area contributed by atoms with Gasteiger partial charge in [-0.1, -0.05) is 42.0 Å². The van der Waals surface area contributed by atoms with E-state index in [1.165, 1.54) is 16.7 Å². The number of benzene rings is 2. The van der Waals surface area contributed by atoms with E-state index in [0.717, 1.165) is 18.6 Å². The van der Waals surface area contributed by atoms with Gasteiger partial charge in [0.15, 0.2) is 0 Å². The topological polar surface area (TPSA) is 47.3 Å². The number of methoxy groups -OCH3 is 1. The summed E-state index contributed by atoms with van der Waals surface area (Å²) < 4.78 is 5.16. The lowest BCUT2D eigenvalue weighted by Gasteiger charge is -2.16. The first-order valence-electron chi connectivity index (χ1n) is 6.88. The van der Waals surface area contributed by atoms with Crippen LogP contribution in [-0.4, -0.2) is 7.11 Å². The van der Waals surface area contributed by atoms with Gasteiger partial charge < -0.3 is 4.74 Å². The standard InChI is InChI=1S/C17H22N2O/c1-13-3-8-15(9-4-13)17(19-18)12-7-14-5-10-16(20-2)11-6-14/h3-6,8-11,17,19H,7,12,18H2,1-2H3. The van der Waals surface area contributed by atoms with Crippen molar-refractivity contribution in [3.8, 4) is 5.75 Å². The maximum atomic E-state index is 5.68. The Hall–Kier alpha value is -1.84. The fourth-order valence-electron chi connectivity index (χ4n) is 2.25. The molecule has 3 heteroatoms. The van der Waals surface area contributed by atoms with Gasteiger partial charge in [0.1, 0.15) is 5.75 Å². The molecule has 0 radical (unpaired) electrons. The molecule has 0 fully saturated rings. The smallest absolute Gasteiger partial charge is 0.118 e.